The van der Waals surface area contributed by atoms with Crippen molar-refractivity contribution < 1.29 is 14.5 Å². The van der Waals surface area contributed by atoms with Crippen molar-refractivity contribution in [2.24, 2.45) is 11.3 Å². The molecule has 2 N–H and O–H groups in total. The van der Waals surface area contributed by atoms with E-state index in [1.165, 1.54) is 35.5 Å². The van der Waals surface area contributed by atoms with Crippen molar-refractivity contribution in [3.8, 4) is 11.8 Å². The number of amides is 1. The zero-order valence-electron chi connectivity index (χ0n) is 18.3. The van der Waals surface area contributed by atoms with Crippen LogP contribution in [0.25, 0.3) is 0 Å². The van der Waals surface area contributed by atoms with E-state index in [0.717, 1.165) is 30.9 Å². The predicted molar refractivity (Wildman–Crippen MR) is 127 cm³/mol. The second-order valence-electron chi connectivity index (χ2n) is 8.68. The number of anilines is 1. The molecule has 168 valence electrons. The Morgan fingerprint density at radius 3 is 2.72 bits per heavy atom. The van der Waals surface area contributed by atoms with Gasteiger partial charge in [-0.25, -0.2) is 0 Å². The van der Waals surface area contributed by atoms with Crippen LogP contribution >= 0.6 is 23.6 Å². The van der Waals surface area contributed by atoms with E-state index in [9.17, 15) is 20.2 Å². The van der Waals surface area contributed by atoms with Gasteiger partial charge in [0, 0.05) is 16.5 Å². The lowest BCUT2D eigenvalue weighted by Gasteiger charge is -2.33. The van der Waals surface area contributed by atoms with Gasteiger partial charge in [0.1, 0.15) is 11.1 Å². The number of rotatable bonds is 4. The minimum atomic E-state index is -0.619. The van der Waals surface area contributed by atoms with Gasteiger partial charge in [0.2, 0.25) is 0 Å². The van der Waals surface area contributed by atoms with Gasteiger partial charge in [0.05, 0.1) is 17.6 Å². The van der Waals surface area contributed by atoms with E-state index in [-0.39, 0.29) is 27.5 Å². The number of nitrogens with zero attached hydrogens (tertiary/aromatic N) is 2. The number of ether oxygens (including phenoxy) is 1. The Morgan fingerprint density at radius 1 is 1.41 bits per heavy atom. The Hall–Kier alpha value is -3.03. The molecule has 2 aromatic rings. The Labute approximate surface area is 195 Å². The van der Waals surface area contributed by atoms with Crippen LogP contribution in [0.4, 0.5) is 10.7 Å². The van der Waals surface area contributed by atoms with Crippen LogP contribution in [0, 0.1) is 32.8 Å². The smallest absolute Gasteiger partial charge is 0.311 e. The molecule has 3 rings (SSSR count). The summed E-state index contributed by atoms with van der Waals surface area (Å²) in [6.07, 6.45) is 2.78. The predicted octanol–water partition coefficient (Wildman–Crippen LogP) is 4.81. The summed E-state index contributed by atoms with van der Waals surface area (Å²) < 4.78 is 4.95. The third-order valence-electron chi connectivity index (χ3n) is 5.69. The molecule has 0 radical (unpaired) electrons. The highest BCUT2D eigenvalue weighted by molar-refractivity contribution is 7.80. The minimum absolute atomic E-state index is 0.0240. The third-order valence-corrected chi connectivity index (χ3v) is 7.07. The maximum atomic E-state index is 12.6. The Kier molecular flexibility index (Phi) is 6.81. The number of benzene rings is 1. The Balaban J connectivity index is 1.75. The molecule has 1 aromatic carbocycles. The van der Waals surface area contributed by atoms with Gasteiger partial charge in [-0.05, 0) is 60.5 Å². The highest BCUT2D eigenvalue weighted by Crippen LogP contribution is 2.44. The fourth-order valence-corrected chi connectivity index (χ4v) is 5.36. The molecule has 8 nitrogen and oxygen atoms in total. The van der Waals surface area contributed by atoms with E-state index in [1.807, 2.05) is 0 Å². The zero-order chi connectivity index (χ0) is 23.6. The number of thiophene rings is 1. The lowest BCUT2D eigenvalue weighted by Crippen LogP contribution is -2.34. The normalized spacial score (nSPS) is 15.3. The first-order valence-corrected chi connectivity index (χ1v) is 11.3. The molecular formula is C22H24N4O4S2. The second kappa shape index (κ2) is 9.22. The standard InChI is InChI=1S/C22H24N4O4S2/c1-22(2,3)13-6-7-14-15(11-23)20(32-18(14)10-13)25-21(31)24-19(27)12-5-8-17(30-4)16(9-12)26(28)29/h5,8-9,13H,6-7,10H2,1-4H3,(H2,24,25,27,31). The number of nitro benzene ring substituents is 1. The van der Waals surface area contributed by atoms with E-state index in [1.54, 1.807) is 0 Å². The largest absolute Gasteiger partial charge is 0.490 e. The van der Waals surface area contributed by atoms with E-state index in [2.05, 4.69) is 37.5 Å². The monoisotopic (exact) mass is 472 g/mol. The van der Waals surface area contributed by atoms with Crippen LogP contribution in [0.1, 0.15) is 53.6 Å². The Bertz CT molecular complexity index is 1130. The summed E-state index contributed by atoms with van der Waals surface area (Å²) in [7, 11) is 1.32. The number of hydrogen-bond acceptors (Lipinski definition) is 7. The molecule has 0 fully saturated rings. The van der Waals surface area contributed by atoms with Crippen LogP contribution in [0.15, 0.2) is 18.2 Å². The van der Waals surface area contributed by atoms with Crippen molar-refractivity contribution >= 4 is 45.3 Å². The molecule has 10 heteroatoms. The summed E-state index contributed by atoms with van der Waals surface area (Å²) >= 11 is 6.76. The topological polar surface area (TPSA) is 117 Å². The molecule has 1 heterocycles. The van der Waals surface area contributed by atoms with Crippen LogP contribution in [0.2, 0.25) is 0 Å². The van der Waals surface area contributed by atoms with Crippen molar-refractivity contribution in [2.75, 3.05) is 12.4 Å². The number of fused-ring (bicyclic) bond motifs is 1. The molecule has 1 aromatic heterocycles. The van der Waals surface area contributed by atoms with E-state index >= 15 is 0 Å². The fraction of sp³-hybridized carbons (Fsp3) is 0.409. The van der Waals surface area contributed by atoms with Gasteiger partial charge >= 0.3 is 5.69 Å². The average Bonchev–Trinajstić information content (AvgIpc) is 3.08. The van der Waals surface area contributed by atoms with E-state index < -0.39 is 10.8 Å². The maximum absolute atomic E-state index is 12.6. The Morgan fingerprint density at radius 2 is 2.12 bits per heavy atom. The maximum Gasteiger partial charge on any atom is 0.311 e. The summed E-state index contributed by atoms with van der Waals surface area (Å²) in [4.78, 5) is 24.3. The summed E-state index contributed by atoms with van der Waals surface area (Å²) in [6, 6.07) is 6.17. The van der Waals surface area contributed by atoms with Crippen molar-refractivity contribution in [1.82, 2.24) is 5.32 Å². The number of nitro groups is 1. The first kappa shape index (κ1) is 23.6. The summed E-state index contributed by atoms with van der Waals surface area (Å²) in [5.41, 5.74) is 1.56. The number of carbonyl (C=O) groups excluding carboxylic acids is 1. The molecule has 0 saturated heterocycles. The molecular weight excluding hydrogens is 448 g/mol. The first-order chi connectivity index (χ1) is 15.0. The molecule has 1 aliphatic rings. The van der Waals surface area contributed by atoms with Crippen LogP contribution in [-0.4, -0.2) is 23.1 Å². The van der Waals surface area contributed by atoms with Crippen LogP contribution in [0.3, 0.4) is 0 Å². The molecule has 1 unspecified atom stereocenters. The number of thiocarbonyl (C=S) groups is 1. The third kappa shape index (κ3) is 4.89. The average molecular weight is 473 g/mol. The molecule has 0 bridgehead atoms. The molecule has 0 aliphatic heterocycles. The fourth-order valence-electron chi connectivity index (χ4n) is 3.82. The van der Waals surface area contributed by atoms with Gasteiger partial charge < -0.3 is 10.1 Å². The van der Waals surface area contributed by atoms with E-state index in [0.29, 0.717) is 16.5 Å². The molecule has 32 heavy (non-hydrogen) atoms. The quantitative estimate of drug-likeness (QED) is 0.372. The molecule has 1 amide bonds. The zero-order valence-corrected chi connectivity index (χ0v) is 19.9. The number of nitrogens with one attached hydrogen (secondary N) is 2. The number of carbonyl (C=O) groups is 1. The highest BCUT2D eigenvalue weighted by Gasteiger charge is 2.32. The first-order valence-electron chi connectivity index (χ1n) is 10.0. The van der Waals surface area contributed by atoms with Crippen LogP contribution in [0.5, 0.6) is 5.75 Å². The molecule has 1 atom stereocenters. The van der Waals surface area contributed by atoms with Gasteiger partial charge in [-0.2, -0.15) is 5.26 Å². The number of hydrogen-bond donors (Lipinski definition) is 2. The van der Waals surface area contributed by atoms with Crippen LogP contribution in [-0.2, 0) is 12.8 Å². The summed E-state index contributed by atoms with van der Waals surface area (Å²) in [5.74, 6) is -0.00456. The van der Waals surface area contributed by atoms with Crippen molar-refractivity contribution in [1.29, 1.82) is 5.26 Å². The number of methoxy groups -OCH3 is 1. The van der Waals surface area contributed by atoms with Crippen molar-refractivity contribution in [3.05, 3.63) is 49.9 Å². The van der Waals surface area contributed by atoms with Crippen molar-refractivity contribution in [2.45, 2.75) is 40.0 Å². The molecule has 0 spiro atoms. The highest BCUT2D eigenvalue weighted by atomic mass is 32.1. The van der Waals surface area contributed by atoms with Crippen molar-refractivity contribution in [3.63, 3.8) is 0 Å². The van der Waals surface area contributed by atoms with Gasteiger partial charge in [-0.3, -0.25) is 20.2 Å². The summed E-state index contributed by atoms with van der Waals surface area (Å²) in [6.45, 7) is 6.69. The molecule has 1 aliphatic carbocycles. The van der Waals surface area contributed by atoms with Gasteiger partial charge in [-0.1, -0.05) is 20.8 Å². The molecule has 0 saturated carbocycles. The van der Waals surface area contributed by atoms with E-state index in [4.69, 9.17) is 17.0 Å². The van der Waals surface area contributed by atoms with Crippen LogP contribution < -0.4 is 15.4 Å². The minimum Gasteiger partial charge on any atom is -0.490 e. The lowest BCUT2D eigenvalue weighted by molar-refractivity contribution is -0.385. The van der Waals surface area contributed by atoms with Gasteiger partial charge in [-0.15, -0.1) is 11.3 Å². The second-order valence-corrected chi connectivity index (χ2v) is 10.2. The van der Waals surface area contributed by atoms with Gasteiger partial charge in [0.15, 0.2) is 10.9 Å². The summed E-state index contributed by atoms with van der Waals surface area (Å²) in [5, 5.41) is 27.0. The van der Waals surface area contributed by atoms with Gasteiger partial charge in [0.25, 0.3) is 5.91 Å². The number of nitriles is 1. The SMILES string of the molecule is COc1ccc(C(=O)NC(=S)Nc2sc3c(c2C#N)CCC(C(C)(C)C)C3)cc1[N+](=O)[O-]. The lowest BCUT2D eigenvalue weighted by atomic mass is 9.72.